The number of aryl methyl sites for hydroxylation is 1. The zero-order valence-corrected chi connectivity index (χ0v) is 15.7. The van der Waals surface area contributed by atoms with Gasteiger partial charge >= 0.3 is 0 Å². The van der Waals surface area contributed by atoms with E-state index in [-0.39, 0.29) is 17.7 Å². The highest BCUT2D eigenvalue weighted by atomic mass is 16.5. The molecule has 4 rings (SSSR count). The van der Waals surface area contributed by atoms with E-state index in [1.165, 1.54) is 0 Å². The summed E-state index contributed by atoms with van der Waals surface area (Å²) in [6, 6.07) is 9.62. The van der Waals surface area contributed by atoms with Gasteiger partial charge in [-0.15, -0.1) is 0 Å². The predicted octanol–water partition coefficient (Wildman–Crippen LogP) is 3.12. The standard InChI is InChI=1S/C21H25N3O3/c1-15-18(19(22-27-15)16-7-3-2-4-8-16)21(26)24-13-9-17(10-14-24)20(25)23-11-5-6-12-23/h2-4,7-8,17H,5-6,9-14H2,1H3. The van der Waals surface area contributed by atoms with Crippen LogP contribution in [-0.4, -0.2) is 52.9 Å². The zero-order chi connectivity index (χ0) is 18.8. The minimum atomic E-state index is -0.0559. The van der Waals surface area contributed by atoms with E-state index in [4.69, 9.17) is 4.52 Å². The highest BCUT2D eigenvalue weighted by Crippen LogP contribution is 2.29. The normalized spacial score (nSPS) is 18.1. The van der Waals surface area contributed by atoms with Crippen molar-refractivity contribution in [3.63, 3.8) is 0 Å². The van der Waals surface area contributed by atoms with Crippen LogP contribution in [0.5, 0.6) is 0 Å². The average Bonchev–Trinajstić information content (AvgIpc) is 3.38. The fourth-order valence-corrected chi connectivity index (χ4v) is 4.10. The van der Waals surface area contributed by atoms with Crippen LogP contribution < -0.4 is 0 Å². The van der Waals surface area contributed by atoms with Gasteiger partial charge in [0, 0.05) is 37.7 Å². The lowest BCUT2D eigenvalue weighted by Gasteiger charge is -2.33. The number of nitrogens with zero attached hydrogens (tertiary/aromatic N) is 3. The molecule has 0 aliphatic carbocycles. The first-order valence-electron chi connectivity index (χ1n) is 9.75. The molecule has 142 valence electrons. The maximum Gasteiger partial charge on any atom is 0.259 e. The number of hydrogen-bond donors (Lipinski definition) is 0. The van der Waals surface area contributed by atoms with Crippen molar-refractivity contribution >= 4 is 11.8 Å². The predicted molar refractivity (Wildman–Crippen MR) is 101 cm³/mol. The van der Waals surface area contributed by atoms with Crippen molar-refractivity contribution < 1.29 is 14.1 Å². The fourth-order valence-electron chi connectivity index (χ4n) is 4.10. The molecule has 2 fully saturated rings. The van der Waals surface area contributed by atoms with Crippen LogP contribution >= 0.6 is 0 Å². The number of rotatable bonds is 3. The first-order chi connectivity index (χ1) is 13.1. The maximum atomic E-state index is 13.1. The Labute approximate surface area is 159 Å². The number of benzene rings is 1. The van der Waals surface area contributed by atoms with Gasteiger partial charge in [0.25, 0.3) is 5.91 Å². The summed E-state index contributed by atoms with van der Waals surface area (Å²) < 4.78 is 5.33. The summed E-state index contributed by atoms with van der Waals surface area (Å²) >= 11 is 0. The van der Waals surface area contributed by atoms with E-state index in [0.717, 1.165) is 44.3 Å². The van der Waals surface area contributed by atoms with E-state index in [1.807, 2.05) is 40.1 Å². The number of hydrogen-bond acceptors (Lipinski definition) is 4. The van der Waals surface area contributed by atoms with Crippen LogP contribution in [0.3, 0.4) is 0 Å². The molecule has 2 aliphatic rings. The highest BCUT2D eigenvalue weighted by Gasteiger charge is 2.33. The number of carbonyl (C=O) groups is 2. The van der Waals surface area contributed by atoms with Gasteiger partial charge in [0.05, 0.1) is 0 Å². The number of piperidine rings is 1. The number of likely N-dealkylation sites (tertiary alicyclic amines) is 2. The molecule has 6 heteroatoms. The molecule has 0 atom stereocenters. The largest absolute Gasteiger partial charge is 0.360 e. The van der Waals surface area contributed by atoms with E-state index in [9.17, 15) is 9.59 Å². The molecule has 2 saturated heterocycles. The van der Waals surface area contributed by atoms with Gasteiger partial charge in [-0.3, -0.25) is 9.59 Å². The van der Waals surface area contributed by atoms with Crippen molar-refractivity contribution in [3.05, 3.63) is 41.7 Å². The summed E-state index contributed by atoms with van der Waals surface area (Å²) in [5, 5.41) is 4.11. The Bertz CT molecular complexity index is 816. The molecule has 1 aromatic carbocycles. The Morgan fingerprint density at radius 1 is 1.00 bits per heavy atom. The van der Waals surface area contributed by atoms with Gasteiger partial charge in [-0.05, 0) is 32.6 Å². The van der Waals surface area contributed by atoms with Crippen molar-refractivity contribution in [3.8, 4) is 11.3 Å². The maximum absolute atomic E-state index is 13.1. The topological polar surface area (TPSA) is 66.7 Å². The molecular formula is C21H25N3O3. The molecule has 2 amide bonds. The van der Waals surface area contributed by atoms with Crippen molar-refractivity contribution in [2.75, 3.05) is 26.2 Å². The first kappa shape index (κ1) is 17.8. The second-order valence-corrected chi connectivity index (χ2v) is 7.43. The van der Waals surface area contributed by atoms with Crippen molar-refractivity contribution in [1.29, 1.82) is 0 Å². The lowest BCUT2D eigenvalue weighted by Crippen LogP contribution is -2.43. The molecule has 0 N–H and O–H groups in total. The zero-order valence-electron chi connectivity index (χ0n) is 15.7. The van der Waals surface area contributed by atoms with Crippen molar-refractivity contribution in [2.45, 2.75) is 32.6 Å². The van der Waals surface area contributed by atoms with Crippen LogP contribution in [0.2, 0.25) is 0 Å². The highest BCUT2D eigenvalue weighted by molar-refractivity contribution is 6.00. The molecule has 27 heavy (non-hydrogen) atoms. The van der Waals surface area contributed by atoms with Crippen molar-refractivity contribution in [1.82, 2.24) is 15.0 Å². The SMILES string of the molecule is Cc1onc(-c2ccccc2)c1C(=O)N1CCC(C(=O)N2CCCC2)CC1. The Morgan fingerprint density at radius 3 is 2.33 bits per heavy atom. The van der Waals surface area contributed by atoms with Crippen LogP contribution in [0.15, 0.2) is 34.9 Å². The number of aromatic nitrogens is 1. The second-order valence-electron chi connectivity index (χ2n) is 7.43. The van der Waals surface area contributed by atoms with E-state index in [2.05, 4.69) is 5.16 Å². The molecule has 0 spiro atoms. The monoisotopic (exact) mass is 367 g/mol. The van der Waals surface area contributed by atoms with E-state index in [0.29, 0.717) is 30.1 Å². The molecule has 0 saturated carbocycles. The summed E-state index contributed by atoms with van der Waals surface area (Å²) in [7, 11) is 0. The summed E-state index contributed by atoms with van der Waals surface area (Å²) in [4.78, 5) is 29.6. The molecular weight excluding hydrogens is 342 g/mol. The van der Waals surface area contributed by atoms with Gasteiger partial charge in [0.2, 0.25) is 5.91 Å². The van der Waals surface area contributed by atoms with Crippen LogP contribution in [0, 0.1) is 12.8 Å². The lowest BCUT2D eigenvalue weighted by atomic mass is 9.94. The minimum absolute atomic E-state index is 0.0457. The Kier molecular flexibility index (Phi) is 4.97. The second kappa shape index (κ2) is 7.55. The van der Waals surface area contributed by atoms with Crippen LogP contribution in [0.25, 0.3) is 11.3 Å². The Hall–Kier alpha value is -2.63. The molecule has 0 radical (unpaired) electrons. The van der Waals surface area contributed by atoms with Gasteiger partial charge in [-0.25, -0.2) is 0 Å². The van der Waals surface area contributed by atoms with Gasteiger partial charge in [-0.1, -0.05) is 35.5 Å². The summed E-state index contributed by atoms with van der Waals surface area (Å²) in [6.45, 7) is 4.75. The lowest BCUT2D eigenvalue weighted by molar-refractivity contribution is -0.135. The van der Waals surface area contributed by atoms with Gasteiger partial charge in [0.1, 0.15) is 17.0 Å². The van der Waals surface area contributed by atoms with Gasteiger partial charge in [0.15, 0.2) is 0 Å². The van der Waals surface area contributed by atoms with Crippen LogP contribution in [0.1, 0.15) is 41.8 Å². The van der Waals surface area contributed by atoms with Crippen molar-refractivity contribution in [2.24, 2.45) is 5.92 Å². The Morgan fingerprint density at radius 2 is 1.67 bits per heavy atom. The third-order valence-electron chi connectivity index (χ3n) is 5.67. The fraction of sp³-hybridized carbons (Fsp3) is 0.476. The van der Waals surface area contributed by atoms with E-state index in [1.54, 1.807) is 6.92 Å². The van der Waals surface area contributed by atoms with Crippen LogP contribution in [0.4, 0.5) is 0 Å². The molecule has 0 unspecified atom stereocenters. The molecule has 2 aromatic rings. The third-order valence-corrected chi connectivity index (χ3v) is 5.67. The Balaban J connectivity index is 1.46. The van der Waals surface area contributed by atoms with E-state index >= 15 is 0 Å². The smallest absolute Gasteiger partial charge is 0.259 e. The average molecular weight is 367 g/mol. The van der Waals surface area contributed by atoms with E-state index < -0.39 is 0 Å². The first-order valence-corrected chi connectivity index (χ1v) is 9.75. The molecule has 1 aromatic heterocycles. The number of carbonyl (C=O) groups excluding carboxylic acids is 2. The van der Waals surface area contributed by atoms with Crippen LogP contribution in [-0.2, 0) is 4.79 Å². The number of amides is 2. The van der Waals surface area contributed by atoms with Gasteiger partial charge in [-0.2, -0.15) is 0 Å². The summed E-state index contributed by atoms with van der Waals surface area (Å²) in [5.41, 5.74) is 2.00. The summed E-state index contributed by atoms with van der Waals surface area (Å²) in [5.74, 6) is 0.795. The summed E-state index contributed by atoms with van der Waals surface area (Å²) in [6.07, 6.45) is 3.67. The minimum Gasteiger partial charge on any atom is -0.360 e. The molecule has 6 nitrogen and oxygen atoms in total. The van der Waals surface area contributed by atoms with Gasteiger partial charge < -0.3 is 14.3 Å². The third kappa shape index (κ3) is 3.48. The quantitative estimate of drug-likeness (QED) is 0.836. The molecule has 2 aliphatic heterocycles. The molecule has 3 heterocycles. The molecule has 0 bridgehead atoms.